The Morgan fingerprint density at radius 1 is 1.13 bits per heavy atom. The maximum atomic E-state index is 12.7. The van der Waals surface area contributed by atoms with E-state index in [1.165, 1.54) is 0 Å². The molecule has 1 aromatic carbocycles. The number of hydrogen-bond donors (Lipinski definition) is 3. The van der Waals surface area contributed by atoms with Crippen molar-refractivity contribution in [3.05, 3.63) is 64.4 Å². The van der Waals surface area contributed by atoms with Crippen LogP contribution >= 0.6 is 11.6 Å². The first kappa shape index (κ1) is 21.5. The van der Waals surface area contributed by atoms with Gasteiger partial charge in [0, 0.05) is 35.8 Å². The fraction of sp³-hybridized carbons (Fsp3) is 0.273. The smallest absolute Gasteiger partial charge is 0.257 e. The van der Waals surface area contributed by atoms with Gasteiger partial charge >= 0.3 is 0 Å². The van der Waals surface area contributed by atoms with Gasteiger partial charge in [0.05, 0.1) is 10.6 Å². The summed E-state index contributed by atoms with van der Waals surface area (Å²) in [5.74, 6) is 1.47. The van der Waals surface area contributed by atoms with Crippen LogP contribution in [0, 0.1) is 6.92 Å². The van der Waals surface area contributed by atoms with E-state index in [9.17, 15) is 4.79 Å². The van der Waals surface area contributed by atoms with Crippen molar-refractivity contribution in [2.24, 2.45) is 0 Å². The van der Waals surface area contributed by atoms with Crippen LogP contribution in [0.1, 0.15) is 42.4 Å². The van der Waals surface area contributed by atoms with E-state index in [1.54, 1.807) is 24.4 Å². The first-order valence-corrected chi connectivity index (χ1v) is 10.2. The third-order valence-corrected chi connectivity index (χ3v) is 4.60. The Labute approximate surface area is 181 Å². The number of carbonyl (C=O) groups excluding carboxylic acids is 1. The van der Waals surface area contributed by atoms with Crippen LogP contribution in [-0.2, 0) is 6.42 Å². The van der Waals surface area contributed by atoms with Crippen LogP contribution < -0.4 is 16.0 Å². The second-order valence-corrected chi connectivity index (χ2v) is 7.57. The average Bonchev–Trinajstić information content (AvgIpc) is 2.67. The third kappa shape index (κ3) is 5.45. The molecule has 2 heterocycles. The van der Waals surface area contributed by atoms with Crippen molar-refractivity contribution in [2.45, 2.75) is 40.2 Å². The van der Waals surface area contributed by atoms with Crippen LogP contribution in [-0.4, -0.2) is 26.9 Å². The number of benzene rings is 1. The van der Waals surface area contributed by atoms with Crippen molar-refractivity contribution in [1.82, 2.24) is 15.0 Å². The van der Waals surface area contributed by atoms with Crippen LogP contribution in [0.2, 0.25) is 5.02 Å². The number of aryl methyl sites for hydroxylation is 2. The number of aromatic nitrogens is 3. The van der Waals surface area contributed by atoms with Gasteiger partial charge in [0.2, 0.25) is 5.95 Å². The minimum atomic E-state index is -0.269. The second kappa shape index (κ2) is 9.54. The normalized spacial score (nSPS) is 10.7. The molecule has 0 aliphatic heterocycles. The SMILES string of the molecule is CCc1cc(Nc2cc(NC(=O)c3c(C)cccc3Cl)ccn2)nc(NC(C)C)n1. The molecule has 0 bridgehead atoms. The monoisotopic (exact) mass is 424 g/mol. The molecule has 7 nitrogen and oxygen atoms in total. The molecule has 0 atom stereocenters. The topological polar surface area (TPSA) is 91.8 Å². The number of nitrogens with zero attached hydrogens (tertiary/aromatic N) is 3. The highest BCUT2D eigenvalue weighted by Crippen LogP contribution is 2.23. The number of nitrogens with one attached hydrogen (secondary N) is 3. The van der Waals surface area contributed by atoms with E-state index in [0.717, 1.165) is 17.7 Å². The largest absolute Gasteiger partial charge is 0.352 e. The van der Waals surface area contributed by atoms with E-state index in [1.807, 2.05) is 45.9 Å². The third-order valence-electron chi connectivity index (χ3n) is 4.28. The lowest BCUT2D eigenvalue weighted by Crippen LogP contribution is -2.15. The Hall–Kier alpha value is -3.19. The summed E-state index contributed by atoms with van der Waals surface area (Å²) >= 11 is 6.20. The standard InChI is InChI=1S/C22H25ClN6O/c1-5-15-11-19(29-22(27-15)25-13(2)3)28-18-12-16(9-10-24-18)26-21(30)20-14(4)7-6-8-17(20)23/h6-13H,5H2,1-4H3,(H3,24,25,26,27,28,29,30). The fourth-order valence-electron chi connectivity index (χ4n) is 2.89. The molecule has 0 saturated carbocycles. The van der Waals surface area contributed by atoms with Crippen LogP contribution in [0.3, 0.4) is 0 Å². The second-order valence-electron chi connectivity index (χ2n) is 7.16. The molecule has 3 aromatic rings. The van der Waals surface area contributed by atoms with E-state index in [0.29, 0.717) is 33.9 Å². The number of carbonyl (C=O) groups is 1. The van der Waals surface area contributed by atoms with E-state index in [4.69, 9.17) is 11.6 Å². The summed E-state index contributed by atoms with van der Waals surface area (Å²) < 4.78 is 0. The van der Waals surface area contributed by atoms with Crippen LogP contribution in [0.15, 0.2) is 42.6 Å². The summed E-state index contributed by atoms with van der Waals surface area (Å²) in [4.78, 5) is 26.0. The Morgan fingerprint density at radius 3 is 2.63 bits per heavy atom. The first-order chi connectivity index (χ1) is 14.4. The van der Waals surface area contributed by atoms with Gasteiger partial charge in [-0.2, -0.15) is 4.98 Å². The molecular formula is C22H25ClN6O. The number of rotatable bonds is 7. The number of pyridine rings is 1. The molecule has 30 heavy (non-hydrogen) atoms. The summed E-state index contributed by atoms with van der Waals surface area (Å²) in [6, 6.07) is 10.9. The molecule has 156 valence electrons. The molecule has 0 fully saturated rings. The minimum absolute atomic E-state index is 0.217. The summed E-state index contributed by atoms with van der Waals surface area (Å²) in [6.07, 6.45) is 2.40. The van der Waals surface area contributed by atoms with E-state index in [2.05, 4.69) is 30.9 Å². The Balaban J connectivity index is 1.80. The van der Waals surface area contributed by atoms with Crippen LogP contribution in [0.25, 0.3) is 0 Å². The molecule has 2 aromatic heterocycles. The number of amides is 1. The Kier molecular flexibility index (Phi) is 6.84. The number of hydrogen-bond acceptors (Lipinski definition) is 6. The zero-order valence-corrected chi connectivity index (χ0v) is 18.2. The number of anilines is 4. The lowest BCUT2D eigenvalue weighted by atomic mass is 10.1. The molecule has 0 aliphatic rings. The van der Waals surface area contributed by atoms with Gasteiger partial charge in [-0.05, 0) is 44.9 Å². The fourth-order valence-corrected chi connectivity index (χ4v) is 3.19. The lowest BCUT2D eigenvalue weighted by molar-refractivity contribution is 0.102. The van der Waals surface area contributed by atoms with Crippen molar-refractivity contribution in [3.63, 3.8) is 0 Å². The van der Waals surface area contributed by atoms with E-state index >= 15 is 0 Å². The molecule has 0 saturated heterocycles. The Morgan fingerprint density at radius 2 is 1.93 bits per heavy atom. The summed E-state index contributed by atoms with van der Waals surface area (Å²) in [5.41, 5.74) is 2.78. The van der Waals surface area contributed by atoms with Crippen molar-refractivity contribution in [3.8, 4) is 0 Å². The highest BCUT2D eigenvalue weighted by Gasteiger charge is 2.14. The predicted molar refractivity (Wildman–Crippen MR) is 122 cm³/mol. The zero-order valence-electron chi connectivity index (χ0n) is 17.5. The lowest BCUT2D eigenvalue weighted by Gasteiger charge is -2.13. The minimum Gasteiger partial charge on any atom is -0.352 e. The quantitative estimate of drug-likeness (QED) is 0.482. The van der Waals surface area contributed by atoms with E-state index < -0.39 is 0 Å². The maximum Gasteiger partial charge on any atom is 0.257 e. The molecule has 0 aliphatic carbocycles. The molecule has 3 N–H and O–H groups in total. The molecule has 8 heteroatoms. The highest BCUT2D eigenvalue weighted by molar-refractivity contribution is 6.34. The summed E-state index contributed by atoms with van der Waals surface area (Å²) in [6.45, 7) is 7.95. The molecule has 0 radical (unpaired) electrons. The summed E-state index contributed by atoms with van der Waals surface area (Å²) in [5, 5.41) is 9.70. The van der Waals surface area contributed by atoms with Gasteiger partial charge in [-0.3, -0.25) is 4.79 Å². The molecule has 0 unspecified atom stereocenters. The maximum absolute atomic E-state index is 12.7. The van der Waals surface area contributed by atoms with Crippen molar-refractivity contribution in [2.75, 3.05) is 16.0 Å². The highest BCUT2D eigenvalue weighted by atomic mass is 35.5. The molecule has 1 amide bonds. The van der Waals surface area contributed by atoms with Gasteiger partial charge < -0.3 is 16.0 Å². The summed E-state index contributed by atoms with van der Waals surface area (Å²) in [7, 11) is 0. The van der Waals surface area contributed by atoms with Gasteiger partial charge in [0.1, 0.15) is 11.6 Å². The zero-order chi connectivity index (χ0) is 21.7. The van der Waals surface area contributed by atoms with E-state index in [-0.39, 0.29) is 11.9 Å². The van der Waals surface area contributed by atoms with Gasteiger partial charge in [-0.1, -0.05) is 30.7 Å². The molecule has 0 spiro atoms. The van der Waals surface area contributed by atoms with Crippen LogP contribution in [0.5, 0.6) is 0 Å². The van der Waals surface area contributed by atoms with Gasteiger partial charge in [0.15, 0.2) is 0 Å². The van der Waals surface area contributed by atoms with Gasteiger partial charge in [-0.15, -0.1) is 0 Å². The Bertz CT molecular complexity index is 1030. The first-order valence-electron chi connectivity index (χ1n) is 9.79. The molecule has 3 rings (SSSR count). The average molecular weight is 425 g/mol. The van der Waals surface area contributed by atoms with Crippen molar-refractivity contribution < 1.29 is 4.79 Å². The van der Waals surface area contributed by atoms with Gasteiger partial charge in [0.25, 0.3) is 5.91 Å². The van der Waals surface area contributed by atoms with Crippen LogP contribution in [0.4, 0.5) is 23.3 Å². The molecular weight excluding hydrogens is 400 g/mol. The number of halogens is 1. The van der Waals surface area contributed by atoms with Gasteiger partial charge in [-0.25, -0.2) is 9.97 Å². The van der Waals surface area contributed by atoms with Crippen molar-refractivity contribution in [1.29, 1.82) is 0 Å². The predicted octanol–water partition coefficient (Wildman–Crippen LogP) is 5.21. The van der Waals surface area contributed by atoms with Crippen molar-refractivity contribution >= 4 is 40.8 Å².